The van der Waals surface area contributed by atoms with E-state index in [9.17, 15) is 4.79 Å². The number of rotatable bonds is 2. The summed E-state index contributed by atoms with van der Waals surface area (Å²) in [5.74, 6) is -0.167. The van der Waals surface area contributed by atoms with Crippen molar-refractivity contribution in [2.45, 2.75) is 6.92 Å². The van der Waals surface area contributed by atoms with E-state index >= 15 is 0 Å². The van der Waals surface area contributed by atoms with Gasteiger partial charge in [0, 0.05) is 11.8 Å². The normalized spacial score (nSPS) is 11.1. The third-order valence-corrected chi connectivity index (χ3v) is 3.58. The van der Waals surface area contributed by atoms with E-state index < -0.39 is 0 Å². The number of hydrogen-bond donors (Lipinski definition) is 0. The van der Waals surface area contributed by atoms with Gasteiger partial charge in [-0.3, -0.25) is 4.79 Å². The molecule has 4 aromatic rings. The number of hydrogen-bond acceptors (Lipinski definition) is 5. The number of benzene rings is 1. The summed E-state index contributed by atoms with van der Waals surface area (Å²) in [6.07, 6.45) is 1.67. The molecule has 22 heavy (non-hydrogen) atoms. The van der Waals surface area contributed by atoms with Crippen molar-refractivity contribution in [1.82, 2.24) is 24.8 Å². The third-order valence-electron chi connectivity index (χ3n) is 3.58. The maximum atomic E-state index is 12.6. The lowest BCUT2D eigenvalue weighted by Gasteiger charge is -2.04. The minimum absolute atomic E-state index is 0.167. The van der Waals surface area contributed by atoms with Gasteiger partial charge in [0.1, 0.15) is 0 Å². The maximum absolute atomic E-state index is 12.6. The van der Waals surface area contributed by atoms with Crippen LogP contribution in [0.2, 0.25) is 0 Å². The molecule has 0 saturated heterocycles. The fourth-order valence-corrected chi connectivity index (χ4v) is 2.44. The smallest absolute Gasteiger partial charge is 0.215 e. The molecule has 6 heteroatoms. The average molecular weight is 289 g/mol. The van der Waals surface area contributed by atoms with Crippen molar-refractivity contribution < 1.29 is 4.79 Å². The molecule has 0 N–H and O–H groups in total. The van der Waals surface area contributed by atoms with E-state index in [0.717, 1.165) is 5.39 Å². The highest BCUT2D eigenvalue weighted by molar-refractivity contribution is 6.08. The Morgan fingerprint density at radius 3 is 2.68 bits per heavy atom. The van der Waals surface area contributed by atoms with Gasteiger partial charge >= 0.3 is 0 Å². The van der Waals surface area contributed by atoms with Crippen LogP contribution >= 0.6 is 0 Å². The van der Waals surface area contributed by atoms with Crippen LogP contribution in [0.1, 0.15) is 21.7 Å². The molecule has 0 fully saturated rings. The molecule has 0 spiro atoms. The molecule has 4 rings (SSSR count). The van der Waals surface area contributed by atoms with E-state index in [1.54, 1.807) is 22.8 Å². The highest BCUT2D eigenvalue weighted by atomic mass is 16.1. The first-order valence-electron chi connectivity index (χ1n) is 6.82. The van der Waals surface area contributed by atoms with Crippen molar-refractivity contribution in [3.05, 3.63) is 65.6 Å². The second kappa shape index (κ2) is 4.70. The first kappa shape index (κ1) is 12.6. The van der Waals surface area contributed by atoms with Crippen molar-refractivity contribution in [3.63, 3.8) is 0 Å². The minimum Gasteiger partial charge on any atom is -0.287 e. The van der Waals surface area contributed by atoms with Crippen LogP contribution in [0.25, 0.3) is 16.7 Å². The lowest BCUT2D eigenvalue weighted by Crippen LogP contribution is -2.12. The molecule has 0 atom stereocenters. The molecule has 0 amide bonds. The predicted molar refractivity (Wildman–Crippen MR) is 80.7 cm³/mol. The maximum Gasteiger partial charge on any atom is 0.215 e. The Balaban J connectivity index is 1.95. The topological polar surface area (TPSA) is 73.0 Å². The van der Waals surface area contributed by atoms with Gasteiger partial charge in [-0.25, -0.2) is 9.50 Å². The van der Waals surface area contributed by atoms with Gasteiger partial charge in [-0.1, -0.05) is 30.3 Å². The van der Waals surface area contributed by atoms with Gasteiger partial charge in [0.05, 0.1) is 11.1 Å². The summed E-state index contributed by atoms with van der Waals surface area (Å²) in [7, 11) is 0. The van der Waals surface area contributed by atoms with Crippen LogP contribution in [0, 0.1) is 6.92 Å². The first-order valence-corrected chi connectivity index (χ1v) is 6.82. The number of carbonyl (C=O) groups excluding carboxylic acids is 1. The zero-order chi connectivity index (χ0) is 15.1. The van der Waals surface area contributed by atoms with Crippen molar-refractivity contribution in [2.75, 3.05) is 0 Å². The van der Waals surface area contributed by atoms with Crippen molar-refractivity contribution in [1.29, 1.82) is 0 Å². The lowest BCUT2D eigenvalue weighted by atomic mass is 10.1. The monoisotopic (exact) mass is 289 g/mol. The molecule has 106 valence electrons. The van der Waals surface area contributed by atoms with Crippen LogP contribution in [0.15, 0.2) is 48.7 Å². The second-order valence-electron chi connectivity index (χ2n) is 4.94. The highest BCUT2D eigenvalue weighted by Crippen LogP contribution is 2.18. The quantitative estimate of drug-likeness (QED) is 0.529. The molecule has 3 heterocycles. The van der Waals surface area contributed by atoms with Gasteiger partial charge < -0.3 is 0 Å². The molecule has 0 radical (unpaired) electrons. The molecule has 0 saturated carbocycles. The van der Waals surface area contributed by atoms with E-state index in [-0.39, 0.29) is 5.78 Å². The summed E-state index contributed by atoms with van der Waals surface area (Å²) in [6, 6.07) is 12.7. The molecule has 3 aromatic heterocycles. The Hall–Kier alpha value is -3.15. The molecule has 0 bridgehead atoms. The number of ketones is 1. The predicted octanol–water partition coefficient (Wildman–Crippen LogP) is 2.21. The summed E-state index contributed by atoms with van der Waals surface area (Å²) in [5.41, 5.74) is 2.71. The zero-order valence-corrected chi connectivity index (χ0v) is 11.8. The molecular formula is C16H11N5O. The van der Waals surface area contributed by atoms with Crippen molar-refractivity contribution in [3.8, 4) is 0 Å². The number of aromatic nitrogens is 5. The molecule has 0 unspecified atom stereocenters. The Morgan fingerprint density at radius 1 is 1.05 bits per heavy atom. The van der Waals surface area contributed by atoms with Gasteiger partial charge in [-0.15, -0.1) is 15.3 Å². The number of carbonyl (C=O) groups is 1. The zero-order valence-electron chi connectivity index (χ0n) is 11.8. The Kier molecular flexibility index (Phi) is 2.69. The fraction of sp³-hybridized carbons (Fsp3) is 0.0625. The van der Waals surface area contributed by atoms with E-state index in [2.05, 4.69) is 20.3 Å². The molecule has 6 nitrogen and oxygen atoms in total. The number of fused-ring (bicyclic) bond motifs is 3. The van der Waals surface area contributed by atoms with Crippen LogP contribution in [-0.2, 0) is 0 Å². The molecule has 0 aliphatic rings. The third kappa shape index (κ3) is 1.77. The second-order valence-corrected chi connectivity index (χ2v) is 4.94. The fourth-order valence-electron chi connectivity index (χ4n) is 2.44. The van der Waals surface area contributed by atoms with Gasteiger partial charge in [0.2, 0.25) is 5.78 Å². The minimum atomic E-state index is -0.167. The average Bonchev–Trinajstić information content (AvgIpc) is 2.95. The Morgan fingerprint density at radius 2 is 1.86 bits per heavy atom. The number of pyridine rings is 1. The van der Waals surface area contributed by atoms with Crippen molar-refractivity contribution in [2.24, 2.45) is 0 Å². The highest BCUT2D eigenvalue weighted by Gasteiger charge is 2.18. The SMILES string of the molecule is Cc1c(C(=O)c2ccccc2)nnc2c3cccnc3nn12. The number of aryl methyl sites for hydroxylation is 1. The Labute approximate surface area is 125 Å². The summed E-state index contributed by atoms with van der Waals surface area (Å²) in [4.78, 5) is 16.8. The van der Waals surface area contributed by atoms with E-state index in [1.807, 2.05) is 37.3 Å². The van der Waals surface area contributed by atoms with Gasteiger partial charge in [-0.2, -0.15) is 0 Å². The van der Waals surface area contributed by atoms with Crippen LogP contribution < -0.4 is 0 Å². The van der Waals surface area contributed by atoms with Gasteiger partial charge in [0.15, 0.2) is 17.0 Å². The molecule has 1 aromatic carbocycles. The van der Waals surface area contributed by atoms with E-state index in [0.29, 0.717) is 28.2 Å². The van der Waals surface area contributed by atoms with Gasteiger partial charge in [-0.05, 0) is 19.1 Å². The first-order chi connectivity index (χ1) is 10.8. The number of nitrogens with zero attached hydrogens (tertiary/aromatic N) is 5. The summed E-state index contributed by atoms with van der Waals surface area (Å²) in [5, 5.41) is 13.5. The summed E-state index contributed by atoms with van der Waals surface area (Å²) in [6.45, 7) is 1.81. The molecule has 0 aliphatic heterocycles. The van der Waals surface area contributed by atoms with E-state index in [1.165, 1.54) is 0 Å². The van der Waals surface area contributed by atoms with Gasteiger partial charge in [0.25, 0.3) is 0 Å². The molecule has 0 aliphatic carbocycles. The van der Waals surface area contributed by atoms with Crippen molar-refractivity contribution >= 4 is 22.5 Å². The Bertz CT molecular complexity index is 1010. The molecular weight excluding hydrogens is 278 g/mol. The lowest BCUT2D eigenvalue weighted by molar-refractivity contribution is 0.103. The van der Waals surface area contributed by atoms with Crippen LogP contribution in [0.3, 0.4) is 0 Å². The van der Waals surface area contributed by atoms with Crippen LogP contribution in [0.4, 0.5) is 0 Å². The standard InChI is InChI=1S/C16H11N5O/c1-10-13(14(22)11-6-3-2-4-7-11)18-19-16-12-8-5-9-17-15(12)20-21(10)16/h2-9H,1H3. The largest absolute Gasteiger partial charge is 0.287 e. The van der Waals surface area contributed by atoms with Crippen LogP contribution in [0.5, 0.6) is 0 Å². The van der Waals surface area contributed by atoms with E-state index in [4.69, 9.17) is 0 Å². The summed E-state index contributed by atoms with van der Waals surface area (Å²) < 4.78 is 1.63. The summed E-state index contributed by atoms with van der Waals surface area (Å²) >= 11 is 0. The van der Waals surface area contributed by atoms with Crippen LogP contribution in [-0.4, -0.2) is 30.6 Å².